The van der Waals surface area contributed by atoms with Gasteiger partial charge in [-0.1, -0.05) is 188 Å². The number of benzene rings is 10. The summed E-state index contributed by atoms with van der Waals surface area (Å²) in [7, 11) is 0. The van der Waals surface area contributed by atoms with Crippen LogP contribution in [0, 0.1) is 0 Å². The van der Waals surface area contributed by atoms with Gasteiger partial charge in [0.15, 0.2) is 0 Å². The second-order valence-electron chi connectivity index (χ2n) is 15.3. The Morgan fingerprint density at radius 3 is 1.65 bits per heavy atom. The fraction of sp³-hybridized carbons (Fsp3) is 0. The number of aromatic nitrogens is 1. The molecule has 2 heteroatoms. The minimum absolute atomic E-state index is 1.09. The summed E-state index contributed by atoms with van der Waals surface area (Å²) in [6, 6.07) is 87.9. The van der Waals surface area contributed by atoms with Crippen molar-refractivity contribution in [1.29, 1.82) is 0 Å². The molecule has 11 rings (SSSR count). The van der Waals surface area contributed by atoms with Crippen molar-refractivity contribution in [2.75, 3.05) is 4.90 Å². The van der Waals surface area contributed by atoms with Crippen LogP contribution in [0.15, 0.2) is 243 Å². The number of rotatable bonds is 8. The molecule has 0 N–H and O–H groups in total. The third-order valence-electron chi connectivity index (χ3n) is 11.8. The van der Waals surface area contributed by atoms with Gasteiger partial charge in [0.1, 0.15) is 0 Å². The minimum atomic E-state index is 1.09. The second kappa shape index (κ2) is 15.1. The Morgan fingerprint density at radius 1 is 0.300 bits per heavy atom. The van der Waals surface area contributed by atoms with E-state index in [2.05, 4.69) is 252 Å². The zero-order chi connectivity index (χ0) is 39.8. The van der Waals surface area contributed by atoms with Gasteiger partial charge in [-0.25, -0.2) is 0 Å². The molecule has 0 spiro atoms. The van der Waals surface area contributed by atoms with E-state index < -0.39 is 0 Å². The van der Waals surface area contributed by atoms with Gasteiger partial charge >= 0.3 is 0 Å². The summed E-state index contributed by atoms with van der Waals surface area (Å²) >= 11 is 0. The van der Waals surface area contributed by atoms with E-state index in [0.717, 1.165) is 28.3 Å². The smallest absolute Gasteiger partial charge is 0.0547 e. The van der Waals surface area contributed by atoms with Gasteiger partial charge in [-0.2, -0.15) is 0 Å². The van der Waals surface area contributed by atoms with Crippen molar-refractivity contribution in [3.63, 3.8) is 0 Å². The lowest BCUT2D eigenvalue weighted by molar-refractivity contribution is 1.18. The Balaban J connectivity index is 1.12. The molecule has 0 radical (unpaired) electrons. The van der Waals surface area contributed by atoms with Crippen LogP contribution in [0.4, 0.5) is 17.1 Å². The molecule has 2 nitrogen and oxygen atoms in total. The lowest BCUT2D eigenvalue weighted by Gasteiger charge is -2.29. The zero-order valence-corrected chi connectivity index (χ0v) is 33.0. The maximum atomic E-state index is 2.43. The standard InChI is InChI=1S/C58H40N2/c1-3-18-41(19-4-1)42-36-38-46(39-37-42)59(47-25-15-22-44(40-47)49-31-16-21-43-20-7-8-26-48(43)49)55-33-13-11-29-52(55)50-27-9-10-28-51(50)53-32-17-35-57-58(53)54-30-12-14-34-56(54)60(57)45-23-5-2-6-24-45/h1-40H. The van der Waals surface area contributed by atoms with E-state index in [-0.39, 0.29) is 0 Å². The molecule has 282 valence electrons. The highest BCUT2D eigenvalue weighted by atomic mass is 15.1. The maximum absolute atomic E-state index is 2.43. The Morgan fingerprint density at radius 2 is 0.833 bits per heavy atom. The van der Waals surface area contributed by atoms with Crippen LogP contribution in [0.1, 0.15) is 0 Å². The van der Waals surface area contributed by atoms with Crippen molar-refractivity contribution in [3.8, 4) is 50.2 Å². The SMILES string of the molecule is c1ccc(-c2ccc(N(c3cccc(-c4cccc5ccccc45)c3)c3ccccc3-c3ccccc3-c3cccc4c3c3ccccc3n4-c3ccccc3)cc2)cc1. The fourth-order valence-electron chi connectivity index (χ4n) is 9.10. The Hall–Kier alpha value is -7.94. The third kappa shape index (κ3) is 6.14. The minimum Gasteiger partial charge on any atom is -0.310 e. The van der Waals surface area contributed by atoms with Crippen molar-refractivity contribution in [1.82, 2.24) is 4.57 Å². The first-order valence-electron chi connectivity index (χ1n) is 20.6. The van der Waals surface area contributed by atoms with Crippen LogP contribution >= 0.6 is 0 Å². The van der Waals surface area contributed by atoms with Crippen LogP contribution in [0.3, 0.4) is 0 Å². The molecular formula is C58H40N2. The van der Waals surface area contributed by atoms with Crippen LogP contribution in [-0.4, -0.2) is 4.57 Å². The monoisotopic (exact) mass is 764 g/mol. The predicted molar refractivity (Wildman–Crippen MR) is 255 cm³/mol. The summed E-state index contributed by atoms with van der Waals surface area (Å²) < 4.78 is 2.40. The van der Waals surface area contributed by atoms with Crippen LogP contribution in [-0.2, 0) is 0 Å². The van der Waals surface area contributed by atoms with Gasteiger partial charge < -0.3 is 9.47 Å². The van der Waals surface area contributed by atoms with Gasteiger partial charge in [0.05, 0.1) is 16.7 Å². The molecule has 1 aromatic heterocycles. The van der Waals surface area contributed by atoms with E-state index in [0.29, 0.717) is 0 Å². The number of fused-ring (bicyclic) bond motifs is 4. The van der Waals surface area contributed by atoms with Crippen molar-refractivity contribution in [3.05, 3.63) is 243 Å². The average Bonchev–Trinajstić information content (AvgIpc) is 3.67. The molecule has 1 heterocycles. The highest BCUT2D eigenvalue weighted by Gasteiger charge is 2.22. The van der Waals surface area contributed by atoms with Crippen LogP contribution in [0.5, 0.6) is 0 Å². The van der Waals surface area contributed by atoms with E-state index in [1.807, 2.05) is 0 Å². The van der Waals surface area contributed by atoms with Gasteiger partial charge in [-0.05, 0) is 104 Å². The molecule has 0 bridgehead atoms. The normalized spacial score (nSPS) is 11.3. The van der Waals surface area contributed by atoms with Crippen molar-refractivity contribution in [2.24, 2.45) is 0 Å². The molecule has 10 aromatic carbocycles. The number of para-hydroxylation sites is 3. The number of anilines is 3. The number of hydrogen-bond donors (Lipinski definition) is 0. The molecule has 0 atom stereocenters. The molecule has 0 aliphatic rings. The summed E-state index contributed by atoms with van der Waals surface area (Å²) in [5, 5.41) is 4.96. The van der Waals surface area contributed by atoms with Gasteiger partial charge in [0, 0.05) is 33.4 Å². The molecule has 0 unspecified atom stereocenters. The van der Waals surface area contributed by atoms with Crippen LogP contribution in [0.25, 0.3) is 82.8 Å². The molecule has 60 heavy (non-hydrogen) atoms. The van der Waals surface area contributed by atoms with Crippen molar-refractivity contribution < 1.29 is 0 Å². The van der Waals surface area contributed by atoms with Gasteiger partial charge in [0.2, 0.25) is 0 Å². The Bertz CT molecular complexity index is 3300. The first-order chi connectivity index (χ1) is 29.8. The molecule has 0 fully saturated rings. The van der Waals surface area contributed by atoms with Gasteiger partial charge in [0.25, 0.3) is 0 Å². The summed E-state index contributed by atoms with van der Waals surface area (Å²) in [4.78, 5) is 2.43. The van der Waals surface area contributed by atoms with E-state index in [1.165, 1.54) is 71.5 Å². The third-order valence-corrected chi connectivity index (χ3v) is 11.8. The maximum Gasteiger partial charge on any atom is 0.0547 e. The van der Waals surface area contributed by atoms with Crippen LogP contribution in [0.2, 0.25) is 0 Å². The molecule has 0 amide bonds. The largest absolute Gasteiger partial charge is 0.310 e. The van der Waals surface area contributed by atoms with E-state index >= 15 is 0 Å². The topological polar surface area (TPSA) is 8.17 Å². The summed E-state index contributed by atoms with van der Waals surface area (Å²) in [5.74, 6) is 0. The van der Waals surface area contributed by atoms with E-state index in [4.69, 9.17) is 0 Å². The second-order valence-corrected chi connectivity index (χ2v) is 15.3. The van der Waals surface area contributed by atoms with Crippen molar-refractivity contribution >= 4 is 49.6 Å². The molecule has 0 saturated heterocycles. The molecular weight excluding hydrogens is 725 g/mol. The fourth-order valence-corrected chi connectivity index (χ4v) is 9.10. The summed E-state index contributed by atoms with van der Waals surface area (Å²) in [6.45, 7) is 0. The molecule has 11 aromatic rings. The number of nitrogens with zero attached hydrogens (tertiary/aromatic N) is 2. The molecule has 0 aliphatic heterocycles. The lowest BCUT2D eigenvalue weighted by atomic mass is 9.90. The Kier molecular flexibility index (Phi) is 8.87. The summed E-state index contributed by atoms with van der Waals surface area (Å²) in [5.41, 5.74) is 16.3. The zero-order valence-electron chi connectivity index (χ0n) is 33.0. The molecule has 0 aliphatic carbocycles. The number of hydrogen-bond acceptors (Lipinski definition) is 1. The predicted octanol–water partition coefficient (Wildman–Crippen LogP) is 16.1. The van der Waals surface area contributed by atoms with Gasteiger partial charge in [-0.15, -0.1) is 0 Å². The first-order valence-corrected chi connectivity index (χ1v) is 20.6. The highest BCUT2D eigenvalue weighted by molar-refractivity contribution is 6.17. The van der Waals surface area contributed by atoms with Crippen molar-refractivity contribution in [2.45, 2.75) is 0 Å². The first kappa shape index (κ1) is 35.2. The lowest BCUT2D eigenvalue weighted by Crippen LogP contribution is -2.11. The Labute approximate surface area is 350 Å². The van der Waals surface area contributed by atoms with E-state index in [9.17, 15) is 0 Å². The average molecular weight is 765 g/mol. The molecule has 0 saturated carbocycles. The van der Waals surface area contributed by atoms with Gasteiger partial charge in [-0.3, -0.25) is 0 Å². The highest BCUT2D eigenvalue weighted by Crippen LogP contribution is 2.47. The van der Waals surface area contributed by atoms with Crippen LogP contribution < -0.4 is 4.90 Å². The quantitative estimate of drug-likeness (QED) is 0.150. The van der Waals surface area contributed by atoms with E-state index in [1.54, 1.807) is 0 Å². The summed E-state index contributed by atoms with van der Waals surface area (Å²) in [6.07, 6.45) is 0.